The van der Waals surface area contributed by atoms with Crippen molar-refractivity contribution in [1.82, 2.24) is 5.32 Å². The Hall–Kier alpha value is -1.88. The van der Waals surface area contributed by atoms with Crippen LogP contribution in [0.15, 0.2) is 24.3 Å². The van der Waals surface area contributed by atoms with Crippen LogP contribution in [0.5, 0.6) is 0 Å². The standard InChI is InChI=1S/C16H20N2O3/c17-15(19)13-12(8-18-14(13)16(20)21)11-7-3-5-9-4-1-2-6-10(9)11/h1-2,4,6,11-14,18H,3,5,7-8H2,(H2,17,19)(H,20,21). The quantitative estimate of drug-likeness (QED) is 0.770. The number of carbonyl (C=O) groups excluding carboxylic acids is 1. The molecule has 1 saturated heterocycles. The molecular formula is C16H20N2O3. The van der Waals surface area contributed by atoms with Crippen LogP contribution in [0.1, 0.15) is 29.9 Å². The summed E-state index contributed by atoms with van der Waals surface area (Å²) in [6.45, 7) is 0.531. The van der Waals surface area contributed by atoms with Gasteiger partial charge >= 0.3 is 5.97 Å². The highest BCUT2D eigenvalue weighted by molar-refractivity contribution is 5.86. The van der Waals surface area contributed by atoms with E-state index in [-0.39, 0.29) is 11.8 Å². The molecule has 0 spiro atoms. The smallest absolute Gasteiger partial charge is 0.321 e. The van der Waals surface area contributed by atoms with Gasteiger partial charge in [0.1, 0.15) is 6.04 Å². The van der Waals surface area contributed by atoms with Crippen molar-refractivity contribution in [2.75, 3.05) is 6.54 Å². The third kappa shape index (κ3) is 2.42. The molecule has 1 aliphatic carbocycles. The highest BCUT2D eigenvalue weighted by atomic mass is 16.4. The molecule has 112 valence electrons. The molecular weight excluding hydrogens is 268 g/mol. The van der Waals surface area contributed by atoms with E-state index in [9.17, 15) is 14.7 Å². The zero-order valence-corrected chi connectivity index (χ0v) is 11.8. The van der Waals surface area contributed by atoms with Gasteiger partial charge in [-0.1, -0.05) is 24.3 Å². The predicted octanol–water partition coefficient (Wildman–Crippen LogP) is 0.881. The fraction of sp³-hybridized carbons (Fsp3) is 0.500. The van der Waals surface area contributed by atoms with Gasteiger partial charge in [-0.2, -0.15) is 0 Å². The Morgan fingerprint density at radius 1 is 1.29 bits per heavy atom. The second-order valence-electron chi connectivity index (χ2n) is 6.01. The van der Waals surface area contributed by atoms with Crippen LogP contribution in [0.4, 0.5) is 0 Å². The van der Waals surface area contributed by atoms with Crippen LogP contribution < -0.4 is 11.1 Å². The van der Waals surface area contributed by atoms with Gasteiger partial charge in [0.25, 0.3) is 0 Å². The Bertz CT molecular complexity index is 572. The lowest BCUT2D eigenvalue weighted by Gasteiger charge is -2.32. The molecule has 4 N–H and O–H groups in total. The molecule has 21 heavy (non-hydrogen) atoms. The van der Waals surface area contributed by atoms with E-state index < -0.39 is 23.8 Å². The Kier molecular flexibility index (Phi) is 3.68. The van der Waals surface area contributed by atoms with Gasteiger partial charge in [-0.25, -0.2) is 0 Å². The number of benzene rings is 1. The van der Waals surface area contributed by atoms with E-state index in [1.807, 2.05) is 12.1 Å². The molecule has 4 atom stereocenters. The number of nitrogens with two attached hydrogens (primary N) is 1. The third-order valence-electron chi connectivity index (χ3n) is 4.92. The number of aryl methyl sites for hydroxylation is 1. The van der Waals surface area contributed by atoms with Crippen LogP contribution in [0.2, 0.25) is 0 Å². The summed E-state index contributed by atoms with van der Waals surface area (Å²) in [4.78, 5) is 23.1. The van der Waals surface area contributed by atoms with Gasteiger partial charge < -0.3 is 16.2 Å². The van der Waals surface area contributed by atoms with Crippen LogP contribution in [0.3, 0.4) is 0 Å². The van der Waals surface area contributed by atoms with Crippen LogP contribution >= 0.6 is 0 Å². The van der Waals surface area contributed by atoms with Gasteiger partial charge in [-0.15, -0.1) is 0 Å². The topological polar surface area (TPSA) is 92.4 Å². The first-order chi connectivity index (χ1) is 10.1. The fourth-order valence-electron chi connectivity index (χ4n) is 4.01. The summed E-state index contributed by atoms with van der Waals surface area (Å²) in [6, 6.07) is 7.40. The summed E-state index contributed by atoms with van der Waals surface area (Å²) < 4.78 is 0. The summed E-state index contributed by atoms with van der Waals surface area (Å²) in [7, 11) is 0. The molecule has 1 heterocycles. The van der Waals surface area contributed by atoms with Crippen molar-refractivity contribution < 1.29 is 14.7 Å². The van der Waals surface area contributed by atoms with Crippen molar-refractivity contribution in [3.8, 4) is 0 Å². The van der Waals surface area contributed by atoms with E-state index in [4.69, 9.17) is 5.73 Å². The van der Waals surface area contributed by atoms with Gasteiger partial charge in [0.05, 0.1) is 5.92 Å². The van der Waals surface area contributed by atoms with Crippen molar-refractivity contribution >= 4 is 11.9 Å². The summed E-state index contributed by atoms with van der Waals surface area (Å²) in [5, 5.41) is 12.2. The summed E-state index contributed by atoms with van der Waals surface area (Å²) in [5.74, 6) is -1.97. The van der Waals surface area contributed by atoms with E-state index >= 15 is 0 Å². The number of rotatable bonds is 3. The molecule has 2 aliphatic rings. The molecule has 5 heteroatoms. The lowest BCUT2D eigenvalue weighted by molar-refractivity contribution is -0.143. The molecule has 0 bridgehead atoms. The maximum absolute atomic E-state index is 11.8. The highest BCUT2D eigenvalue weighted by Crippen LogP contribution is 2.42. The number of hydrogen-bond acceptors (Lipinski definition) is 3. The second-order valence-corrected chi connectivity index (χ2v) is 6.01. The highest BCUT2D eigenvalue weighted by Gasteiger charge is 2.47. The molecule has 5 nitrogen and oxygen atoms in total. The first-order valence-corrected chi connectivity index (χ1v) is 7.43. The van der Waals surface area contributed by atoms with Crippen LogP contribution in [0.25, 0.3) is 0 Å². The maximum Gasteiger partial charge on any atom is 0.321 e. The molecule has 3 rings (SSSR count). The van der Waals surface area contributed by atoms with E-state index in [1.165, 1.54) is 11.1 Å². The molecule has 0 saturated carbocycles. The molecule has 0 aromatic heterocycles. The Balaban J connectivity index is 1.94. The number of carboxylic acids is 1. The minimum atomic E-state index is -0.995. The van der Waals surface area contributed by atoms with E-state index in [1.54, 1.807) is 0 Å². The summed E-state index contributed by atoms with van der Waals surface area (Å²) in [5.41, 5.74) is 8.07. The zero-order valence-electron chi connectivity index (χ0n) is 11.8. The second kappa shape index (κ2) is 5.48. The Labute approximate surface area is 123 Å². The lowest BCUT2D eigenvalue weighted by atomic mass is 9.71. The minimum absolute atomic E-state index is 0.0370. The maximum atomic E-state index is 11.8. The molecule has 0 radical (unpaired) electrons. The first kappa shape index (κ1) is 14.1. The number of aliphatic carboxylic acids is 1. The van der Waals surface area contributed by atoms with Gasteiger partial charge in [0.15, 0.2) is 0 Å². The summed E-state index contributed by atoms with van der Waals surface area (Å²) in [6.07, 6.45) is 3.11. The Morgan fingerprint density at radius 3 is 2.76 bits per heavy atom. The average molecular weight is 288 g/mol. The van der Waals surface area contributed by atoms with E-state index in [0.29, 0.717) is 6.54 Å². The van der Waals surface area contributed by atoms with Crippen LogP contribution in [-0.4, -0.2) is 29.6 Å². The van der Waals surface area contributed by atoms with Gasteiger partial charge in [0, 0.05) is 6.54 Å². The predicted molar refractivity (Wildman–Crippen MR) is 77.7 cm³/mol. The number of fused-ring (bicyclic) bond motifs is 1. The first-order valence-electron chi connectivity index (χ1n) is 7.43. The van der Waals surface area contributed by atoms with Crippen LogP contribution in [0, 0.1) is 11.8 Å². The number of primary amides is 1. The average Bonchev–Trinajstić information content (AvgIpc) is 2.91. The minimum Gasteiger partial charge on any atom is -0.480 e. The fourth-order valence-corrected chi connectivity index (χ4v) is 4.01. The van der Waals surface area contributed by atoms with Crippen molar-refractivity contribution in [1.29, 1.82) is 0 Å². The SMILES string of the molecule is NC(=O)C1C(C(=O)O)NCC1C1CCCc2ccccc21. The summed E-state index contributed by atoms with van der Waals surface area (Å²) >= 11 is 0. The van der Waals surface area contributed by atoms with Crippen molar-refractivity contribution in [2.24, 2.45) is 17.6 Å². The zero-order chi connectivity index (χ0) is 15.0. The Morgan fingerprint density at radius 2 is 2.05 bits per heavy atom. The molecule has 1 aliphatic heterocycles. The normalized spacial score (nSPS) is 31.6. The lowest BCUT2D eigenvalue weighted by Crippen LogP contribution is -2.43. The molecule has 1 amide bonds. The third-order valence-corrected chi connectivity index (χ3v) is 4.92. The van der Waals surface area contributed by atoms with Gasteiger partial charge in [-0.05, 0) is 42.2 Å². The number of carbonyl (C=O) groups is 2. The number of amides is 1. The van der Waals surface area contributed by atoms with Crippen LogP contribution in [-0.2, 0) is 16.0 Å². The van der Waals surface area contributed by atoms with Gasteiger partial charge in [-0.3, -0.25) is 9.59 Å². The van der Waals surface area contributed by atoms with Crippen molar-refractivity contribution in [3.05, 3.63) is 35.4 Å². The van der Waals surface area contributed by atoms with Gasteiger partial charge in [0.2, 0.25) is 5.91 Å². The molecule has 1 aromatic rings. The number of nitrogens with one attached hydrogen (secondary N) is 1. The van der Waals surface area contributed by atoms with E-state index in [0.717, 1.165) is 19.3 Å². The van der Waals surface area contributed by atoms with E-state index in [2.05, 4.69) is 17.4 Å². The number of carboxylic acid groups (broad SMARTS) is 1. The largest absolute Gasteiger partial charge is 0.480 e. The monoisotopic (exact) mass is 288 g/mol. The molecule has 4 unspecified atom stereocenters. The van der Waals surface area contributed by atoms with Crippen molar-refractivity contribution in [3.63, 3.8) is 0 Å². The number of hydrogen-bond donors (Lipinski definition) is 3. The molecule has 1 aromatic carbocycles. The van der Waals surface area contributed by atoms with Crippen molar-refractivity contribution in [2.45, 2.75) is 31.2 Å². The molecule has 1 fully saturated rings.